The number of nitrogens with one attached hydrogen (secondary N) is 2. The zero-order chi connectivity index (χ0) is 12.7. The molecule has 1 aliphatic rings. The molecule has 1 fully saturated rings. The first kappa shape index (κ1) is 14.8. The summed E-state index contributed by atoms with van der Waals surface area (Å²) < 4.78 is 10.2. The van der Waals surface area contributed by atoms with Crippen LogP contribution in [0.2, 0.25) is 0 Å². The molecule has 0 aromatic rings. The van der Waals surface area contributed by atoms with E-state index in [1.165, 1.54) is 0 Å². The van der Waals surface area contributed by atoms with Gasteiger partial charge in [0.15, 0.2) is 6.29 Å². The largest absolute Gasteiger partial charge is 0.354 e. The molecular weight excluding hydrogens is 240 g/mol. The lowest BCUT2D eigenvalue weighted by molar-refractivity contribution is -0.136. The lowest BCUT2D eigenvalue weighted by Crippen LogP contribution is -2.46. The van der Waals surface area contributed by atoms with Gasteiger partial charge in [0, 0.05) is 44.7 Å². The Bertz CT molecular complexity index is 231. The van der Waals surface area contributed by atoms with E-state index >= 15 is 0 Å². The molecule has 2 atom stereocenters. The molecule has 6 heteroatoms. The van der Waals surface area contributed by atoms with Crippen molar-refractivity contribution in [3.05, 3.63) is 0 Å². The van der Waals surface area contributed by atoms with E-state index in [0.717, 1.165) is 18.1 Å². The molecular formula is C11H22N2O3S. The molecule has 0 radical (unpaired) electrons. The Balaban J connectivity index is 2.27. The molecule has 0 aromatic carbocycles. The van der Waals surface area contributed by atoms with Crippen LogP contribution in [0, 0.1) is 0 Å². The quantitative estimate of drug-likeness (QED) is 0.670. The maximum absolute atomic E-state index is 11.8. The van der Waals surface area contributed by atoms with Gasteiger partial charge in [-0.05, 0) is 6.92 Å². The number of hydrogen-bond acceptors (Lipinski definition) is 5. The maximum atomic E-state index is 11.8. The molecule has 2 unspecified atom stereocenters. The number of amides is 1. The molecule has 1 rings (SSSR count). The third-order valence-corrected chi connectivity index (χ3v) is 3.82. The van der Waals surface area contributed by atoms with Crippen LogP contribution in [0.25, 0.3) is 0 Å². The van der Waals surface area contributed by atoms with E-state index in [1.807, 2.05) is 18.7 Å². The Hall–Kier alpha value is -0.300. The van der Waals surface area contributed by atoms with Crippen LogP contribution in [0.5, 0.6) is 0 Å². The van der Waals surface area contributed by atoms with Gasteiger partial charge in [-0.2, -0.15) is 11.8 Å². The van der Waals surface area contributed by atoms with Crippen LogP contribution in [-0.4, -0.2) is 56.6 Å². The SMILES string of the molecule is COC(OC)C(C)NC(=O)CC1CSCCN1. The molecule has 1 heterocycles. The Morgan fingerprint density at radius 2 is 2.24 bits per heavy atom. The van der Waals surface area contributed by atoms with Gasteiger partial charge in [0.05, 0.1) is 6.04 Å². The summed E-state index contributed by atoms with van der Waals surface area (Å²) in [6, 6.07) is 0.137. The molecule has 1 saturated heterocycles. The molecule has 1 aliphatic heterocycles. The average Bonchev–Trinajstić information content (AvgIpc) is 2.31. The van der Waals surface area contributed by atoms with Gasteiger partial charge in [0.1, 0.15) is 0 Å². The molecule has 2 N–H and O–H groups in total. The second kappa shape index (κ2) is 7.92. The fourth-order valence-corrected chi connectivity index (χ4v) is 2.81. The summed E-state index contributed by atoms with van der Waals surface area (Å²) in [5, 5.41) is 6.23. The summed E-state index contributed by atoms with van der Waals surface area (Å²) >= 11 is 1.89. The first-order chi connectivity index (χ1) is 8.17. The van der Waals surface area contributed by atoms with E-state index in [4.69, 9.17) is 9.47 Å². The van der Waals surface area contributed by atoms with Gasteiger partial charge in [-0.15, -0.1) is 0 Å². The number of carbonyl (C=O) groups excluding carboxylic acids is 1. The lowest BCUT2D eigenvalue weighted by atomic mass is 10.2. The molecule has 0 spiro atoms. The van der Waals surface area contributed by atoms with Crippen LogP contribution in [0.1, 0.15) is 13.3 Å². The number of methoxy groups -OCH3 is 2. The summed E-state index contributed by atoms with van der Waals surface area (Å²) in [7, 11) is 3.13. The number of thioether (sulfide) groups is 1. The second-order valence-electron chi connectivity index (χ2n) is 4.13. The topological polar surface area (TPSA) is 59.6 Å². The smallest absolute Gasteiger partial charge is 0.221 e. The molecule has 0 bridgehead atoms. The highest BCUT2D eigenvalue weighted by Crippen LogP contribution is 2.10. The minimum atomic E-state index is -0.396. The fraction of sp³-hybridized carbons (Fsp3) is 0.909. The standard InChI is InChI=1S/C11H22N2O3S/c1-8(11(15-2)16-3)13-10(14)6-9-7-17-5-4-12-9/h8-9,11-12H,4-7H2,1-3H3,(H,13,14). The van der Waals surface area contributed by atoms with Gasteiger partial charge in [-0.1, -0.05) is 0 Å². The van der Waals surface area contributed by atoms with Gasteiger partial charge in [0.25, 0.3) is 0 Å². The van der Waals surface area contributed by atoms with Crippen molar-refractivity contribution >= 4 is 17.7 Å². The lowest BCUT2D eigenvalue weighted by Gasteiger charge is -2.25. The first-order valence-corrected chi connectivity index (χ1v) is 6.99. The summed E-state index contributed by atoms with van der Waals surface area (Å²) in [4.78, 5) is 11.8. The Kier molecular flexibility index (Phi) is 6.87. The highest BCUT2D eigenvalue weighted by molar-refractivity contribution is 7.99. The van der Waals surface area contributed by atoms with Crippen LogP contribution in [0.15, 0.2) is 0 Å². The number of rotatable bonds is 6. The minimum absolute atomic E-state index is 0.0385. The zero-order valence-electron chi connectivity index (χ0n) is 10.7. The van der Waals surface area contributed by atoms with Crippen LogP contribution in [0.3, 0.4) is 0 Å². The van der Waals surface area contributed by atoms with Crippen molar-refractivity contribution in [3.8, 4) is 0 Å². The molecule has 1 amide bonds. The average molecular weight is 262 g/mol. The van der Waals surface area contributed by atoms with E-state index in [2.05, 4.69) is 10.6 Å². The van der Waals surface area contributed by atoms with Gasteiger partial charge in [0.2, 0.25) is 5.91 Å². The Morgan fingerprint density at radius 3 is 2.76 bits per heavy atom. The van der Waals surface area contributed by atoms with Crippen molar-refractivity contribution in [2.24, 2.45) is 0 Å². The second-order valence-corrected chi connectivity index (χ2v) is 5.28. The van der Waals surface area contributed by atoms with Crippen LogP contribution in [0.4, 0.5) is 0 Å². The normalized spacial score (nSPS) is 22.5. The number of carbonyl (C=O) groups is 1. The van der Waals surface area contributed by atoms with Crippen molar-refractivity contribution in [1.29, 1.82) is 0 Å². The first-order valence-electron chi connectivity index (χ1n) is 5.83. The van der Waals surface area contributed by atoms with Gasteiger partial charge in [-0.25, -0.2) is 0 Å². The number of ether oxygens (including phenoxy) is 2. The van der Waals surface area contributed by atoms with Crippen molar-refractivity contribution in [2.45, 2.75) is 31.7 Å². The molecule has 17 heavy (non-hydrogen) atoms. The molecule has 0 saturated carbocycles. The van der Waals surface area contributed by atoms with E-state index < -0.39 is 6.29 Å². The molecule has 0 aliphatic carbocycles. The molecule has 0 aromatic heterocycles. The van der Waals surface area contributed by atoms with E-state index in [1.54, 1.807) is 14.2 Å². The molecule has 100 valence electrons. The van der Waals surface area contributed by atoms with Gasteiger partial charge >= 0.3 is 0 Å². The predicted molar refractivity (Wildman–Crippen MR) is 69.1 cm³/mol. The van der Waals surface area contributed by atoms with E-state index in [0.29, 0.717) is 6.42 Å². The monoisotopic (exact) mass is 262 g/mol. The van der Waals surface area contributed by atoms with Crippen molar-refractivity contribution < 1.29 is 14.3 Å². The van der Waals surface area contributed by atoms with Crippen LogP contribution in [-0.2, 0) is 14.3 Å². The van der Waals surface area contributed by atoms with Crippen molar-refractivity contribution in [2.75, 3.05) is 32.3 Å². The summed E-state index contributed by atoms with van der Waals surface area (Å²) in [6.45, 7) is 2.86. The maximum Gasteiger partial charge on any atom is 0.221 e. The summed E-state index contributed by atoms with van der Waals surface area (Å²) in [6.07, 6.45) is 0.116. The van der Waals surface area contributed by atoms with Gasteiger partial charge < -0.3 is 20.1 Å². The van der Waals surface area contributed by atoms with Gasteiger partial charge in [-0.3, -0.25) is 4.79 Å². The third kappa shape index (κ3) is 5.25. The number of hydrogen-bond donors (Lipinski definition) is 2. The Labute approximate surface area is 107 Å². The highest BCUT2D eigenvalue weighted by Gasteiger charge is 2.21. The summed E-state index contributed by atoms with van der Waals surface area (Å²) in [5.41, 5.74) is 0. The highest BCUT2D eigenvalue weighted by atomic mass is 32.2. The molecule has 5 nitrogen and oxygen atoms in total. The van der Waals surface area contributed by atoms with Crippen molar-refractivity contribution in [3.63, 3.8) is 0 Å². The third-order valence-electron chi connectivity index (χ3n) is 2.69. The van der Waals surface area contributed by atoms with Crippen LogP contribution >= 0.6 is 11.8 Å². The van der Waals surface area contributed by atoms with E-state index in [-0.39, 0.29) is 18.0 Å². The Morgan fingerprint density at radius 1 is 1.53 bits per heavy atom. The fourth-order valence-electron chi connectivity index (χ4n) is 1.86. The minimum Gasteiger partial charge on any atom is -0.354 e. The van der Waals surface area contributed by atoms with E-state index in [9.17, 15) is 4.79 Å². The summed E-state index contributed by atoms with van der Waals surface area (Å²) in [5.74, 6) is 2.17. The zero-order valence-corrected chi connectivity index (χ0v) is 11.5. The van der Waals surface area contributed by atoms with Crippen LogP contribution < -0.4 is 10.6 Å². The van der Waals surface area contributed by atoms with Crippen molar-refractivity contribution in [1.82, 2.24) is 10.6 Å². The predicted octanol–water partition coefficient (Wildman–Crippen LogP) is 0.205.